The molecule has 1 spiro atoms. The summed E-state index contributed by atoms with van der Waals surface area (Å²) in [5, 5.41) is 0. The SMILES string of the molecule is COC(=O)[C@H]1CC[C@@]12CCc1ccc(OCc3ccc(-c4cc(C)ccc4F)c([C@H](OC)C(C)(C)C)c3)cc12. The van der Waals surface area contributed by atoms with Crippen LogP contribution in [0, 0.1) is 24.1 Å². The molecule has 3 aromatic rings. The van der Waals surface area contributed by atoms with Crippen molar-refractivity contribution in [2.45, 2.75) is 71.5 Å². The maximum absolute atomic E-state index is 15.0. The zero-order valence-corrected chi connectivity index (χ0v) is 23.9. The molecule has 0 aliphatic heterocycles. The lowest BCUT2D eigenvalue weighted by Crippen LogP contribution is -2.47. The number of fused-ring (bicyclic) bond motifs is 2. The van der Waals surface area contributed by atoms with Crippen LogP contribution in [0.25, 0.3) is 11.1 Å². The van der Waals surface area contributed by atoms with Crippen LogP contribution < -0.4 is 4.74 Å². The molecule has 5 heteroatoms. The number of carbonyl (C=O) groups excluding carboxylic acids is 1. The van der Waals surface area contributed by atoms with Crippen LogP contribution in [0.15, 0.2) is 54.6 Å². The van der Waals surface area contributed by atoms with E-state index in [0.717, 1.165) is 53.7 Å². The van der Waals surface area contributed by atoms with Crippen LogP contribution in [0.5, 0.6) is 5.75 Å². The van der Waals surface area contributed by atoms with E-state index < -0.39 is 0 Å². The Labute approximate surface area is 231 Å². The van der Waals surface area contributed by atoms with E-state index in [-0.39, 0.29) is 34.6 Å². The summed E-state index contributed by atoms with van der Waals surface area (Å²) in [6.07, 6.45) is 3.61. The number of benzene rings is 3. The molecule has 39 heavy (non-hydrogen) atoms. The van der Waals surface area contributed by atoms with Gasteiger partial charge in [0.1, 0.15) is 18.2 Å². The molecular formula is C34H39FO4. The van der Waals surface area contributed by atoms with Gasteiger partial charge in [-0.15, -0.1) is 0 Å². The average molecular weight is 531 g/mol. The molecule has 2 aliphatic carbocycles. The van der Waals surface area contributed by atoms with Crippen molar-refractivity contribution < 1.29 is 23.4 Å². The van der Waals surface area contributed by atoms with Crippen molar-refractivity contribution in [1.82, 2.24) is 0 Å². The maximum atomic E-state index is 15.0. The van der Waals surface area contributed by atoms with Crippen molar-refractivity contribution in [3.05, 3.63) is 88.2 Å². The topological polar surface area (TPSA) is 44.8 Å². The number of halogens is 1. The van der Waals surface area contributed by atoms with E-state index in [2.05, 4.69) is 39.0 Å². The number of esters is 1. The molecule has 206 valence electrons. The van der Waals surface area contributed by atoms with Crippen LogP contribution in [0.3, 0.4) is 0 Å². The highest BCUT2D eigenvalue weighted by molar-refractivity contribution is 5.77. The Balaban J connectivity index is 1.44. The lowest BCUT2D eigenvalue weighted by Gasteiger charge is -2.46. The normalized spacial score (nSPS) is 20.8. The Morgan fingerprint density at radius 1 is 1.03 bits per heavy atom. The predicted octanol–water partition coefficient (Wildman–Crippen LogP) is 7.88. The Kier molecular flexibility index (Phi) is 7.32. The first-order valence-corrected chi connectivity index (χ1v) is 13.8. The van der Waals surface area contributed by atoms with E-state index in [1.54, 1.807) is 13.2 Å². The zero-order chi connectivity index (χ0) is 27.9. The fraction of sp³-hybridized carbons (Fsp3) is 0.441. The molecule has 3 aromatic carbocycles. The van der Waals surface area contributed by atoms with E-state index in [4.69, 9.17) is 14.2 Å². The summed E-state index contributed by atoms with van der Waals surface area (Å²) < 4.78 is 32.4. The second kappa shape index (κ2) is 10.4. The summed E-state index contributed by atoms with van der Waals surface area (Å²) in [4.78, 5) is 12.4. The smallest absolute Gasteiger partial charge is 0.309 e. The van der Waals surface area contributed by atoms with Crippen LogP contribution in [0.4, 0.5) is 4.39 Å². The van der Waals surface area contributed by atoms with Crippen molar-refractivity contribution in [3.8, 4) is 16.9 Å². The molecule has 0 heterocycles. The van der Waals surface area contributed by atoms with Crippen LogP contribution >= 0.6 is 0 Å². The number of hydrogen-bond acceptors (Lipinski definition) is 4. The predicted molar refractivity (Wildman–Crippen MR) is 151 cm³/mol. The molecule has 0 radical (unpaired) electrons. The van der Waals surface area contributed by atoms with Gasteiger partial charge in [-0.25, -0.2) is 4.39 Å². The van der Waals surface area contributed by atoms with E-state index >= 15 is 0 Å². The Morgan fingerprint density at radius 2 is 1.82 bits per heavy atom. The lowest BCUT2D eigenvalue weighted by atomic mass is 9.57. The van der Waals surface area contributed by atoms with Gasteiger partial charge in [-0.2, -0.15) is 0 Å². The summed E-state index contributed by atoms with van der Waals surface area (Å²) in [6.45, 7) is 8.73. The molecular weight excluding hydrogens is 491 g/mol. The van der Waals surface area contributed by atoms with E-state index in [9.17, 15) is 9.18 Å². The molecule has 0 amide bonds. The monoisotopic (exact) mass is 530 g/mol. The minimum absolute atomic E-state index is 0.0699. The summed E-state index contributed by atoms with van der Waals surface area (Å²) in [5.41, 5.74) is 6.57. The maximum Gasteiger partial charge on any atom is 0.309 e. The average Bonchev–Trinajstić information content (AvgIpc) is 3.29. The quantitative estimate of drug-likeness (QED) is 0.292. The van der Waals surface area contributed by atoms with Crippen LogP contribution in [-0.2, 0) is 32.7 Å². The van der Waals surface area contributed by atoms with E-state index in [1.807, 2.05) is 31.2 Å². The summed E-state index contributed by atoms with van der Waals surface area (Å²) in [6, 6.07) is 17.6. The van der Waals surface area contributed by atoms with Gasteiger partial charge in [0, 0.05) is 18.1 Å². The van der Waals surface area contributed by atoms with Crippen LogP contribution in [-0.4, -0.2) is 20.2 Å². The third kappa shape index (κ3) is 4.98. The van der Waals surface area contributed by atoms with Crippen molar-refractivity contribution in [2.24, 2.45) is 11.3 Å². The highest BCUT2D eigenvalue weighted by atomic mass is 19.1. The van der Waals surface area contributed by atoms with Gasteiger partial charge in [0.25, 0.3) is 0 Å². The molecule has 1 fully saturated rings. The minimum Gasteiger partial charge on any atom is -0.489 e. The second-order valence-corrected chi connectivity index (χ2v) is 12.3. The van der Waals surface area contributed by atoms with Gasteiger partial charge >= 0.3 is 5.97 Å². The third-order valence-corrected chi connectivity index (χ3v) is 8.73. The number of carbonyl (C=O) groups is 1. The van der Waals surface area contributed by atoms with Crippen molar-refractivity contribution >= 4 is 5.97 Å². The highest BCUT2D eigenvalue weighted by Crippen LogP contribution is 2.57. The van der Waals surface area contributed by atoms with Gasteiger partial charge in [-0.3, -0.25) is 4.79 Å². The molecule has 3 atom stereocenters. The Morgan fingerprint density at radius 3 is 2.49 bits per heavy atom. The van der Waals surface area contributed by atoms with Crippen molar-refractivity contribution in [1.29, 1.82) is 0 Å². The van der Waals surface area contributed by atoms with Gasteiger partial charge in [0.05, 0.1) is 19.1 Å². The Hall–Kier alpha value is -3.18. The first-order valence-electron chi connectivity index (χ1n) is 13.8. The standard InChI is InChI=1S/C34H39FO4/c1-21-7-12-30(35)26(17-21)25-11-8-22(18-27(25)31(37-5)33(2,3)4)20-39-24-10-9-23-13-15-34(29(23)19-24)16-14-28(34)32(36)38-6/h7-12,17-19,28,31H,13-16,20H2,1-6H3/t28-,31+,34+/m1/s1. The first-order chi connectivity index (χ1) is 18.6. The zero-order valence-electron chi connectivity index (χ0n) is 23.9. The minimum atomic E-state index is -0.247. The lowest BCUT2D eigenvalue weighted by molar-refractivity contribution is -0.153. The summed E-state index contributed by atoms with van der Waals surface area (Å²) in [7, 11) is 3.18. The molecule has 0 saturated heterocycles. The largest absolute Gasteiger partial charge is 0.489 e. The number of hydrogen-bond donors (Lipinski definition) is 0. The number of ether oxygens (including phenoxy) is 3. The van der Waals surface area contributed by atoms with Crippen molar-refractivity contribution in [3.63, 3.8) is 0 Å². The molecule has 5 rings (SSSR count). The van der Waals surface area contributed by atoms with Crippen LogP contribution in [0.1, 0.15) is 74.0 Å². The molecule has 0 bridgehead atoms. The van der Waals surface area contributed by atoms with E-state index in [0.29, 0.717) is 12.2 Å². The molecule has 0 N–H and O–H groups in total. The second-order valence-electron chi connectivity index (χ2n) is 12.3. The summed E-state index contributed by atoms with van der Waals surface area (Å²) >= 11 is 0. The number of methoxy groups -OCH3 is 2. The molecule has 4 nitrogen and oxygen atoms in total. The van der Waals surface area contributed by atoms with Gasteiger partial charge in [0.2, 0.25) is 0 Å². The fourth-order valence-electron chi connectivity index (χ4n) is 6.69. The first kappa shape index (κ1) is 27.4. The highest BCUT2D eigenvalue weighted by Gasteiger charge is 2.55. The third-order valence-electron chi connectivity index (χ3n) is 8.73. The van der Waals surface area contributed by atoms with Gasteiger partial charge < -0.3 is 14.2 Å². The number of rotatable bonds is 7. The number of aryl methyl sites for hydroxylation is 2. The van der Waals surface area contributed by atoms with Gasteiger partial charge in [-0.1, -0.05) is 50.6 Å². The van der Waals surface area contributed by atoms with Gasteiger partial charge in [0.15, 0.2) is 0 Å². The molecule has 2 aliphatic rings. The van der Waals surface area contributed by atoms with Gasteiger partial charge in [-0.05, 0) is 96.2 Å². The fourth-order valence-corrected chi connectivity index (χ4v) is 6.69. The molecule has 0 unspecified atom stereocenters. The Bertz CT molecular complexity index is 1390. The molecule has 1 saturated carbocycles. The van der Waals surface area contributed by atoms with Crippen LogP contribution in [0.2, 0.25) is 0 Å². The van der Waals surface area contributed by atoms with Crippen molar-refractivity contribution in [2.75, 3.05) is 14.2 Å². The summed E-state index contributed by atoms with van der Waals surface area (Å²) in [5.74, 6) is 0.368. The molecule has 0 aromatic heterocycles. The van der Waals surface area contributed by atoms with E-state index in [1.165, 1.54) is 24.3 Å².